The summed E-state index contributed by atoms with van der Waals surface area (Å²) in [4.78, 5) is 37.3. The number of sulfone groups is 1. The molecule has 0 aliphatic carbocycles. The third-order valence-corrected chi connectivity index (χ3v) is 7.61. The van der Waals surface area contributed by atoms with Crippen molar-refractivity contribution in [3.8, 4) is 11.1 Å². The minimum absolute atomic E-state index is 0.0670. The highest BCUT2D eigenvalue weighted by atomic mass is 35.5. The fraction of sp³-hybridized carbons (Fsp3) is 0.250. The Bertz CT molecular complexity index is 1170. The van der Waals surface area contributed by atoms with Gasteiger partial charge in [-0.2, -0.15) is 0 Å². The van der Waals surface area contributed by atoms with Crippen LogP contribution in [-0.4, -0.2) is 70.9 Å². The van der Waals surface area contributed by atoms with Crippen LogP contribution in [0.25, 0.3) is 11.1 Å². The van der Waals surface area contributed by atoms with Crippen LogP contribution in [0, 0.1) is 0 Å². The molecule has 0 saturated carbocycles. The molecule has 2 unspecified atom stereocenters. The van der Waals surface area contributed by atoms with Crippen LogP contribution in [0.4, 0.5) is 4.79 Å². The molecule has 1 aliphatic rings. The van der Waals surface area contributed by atoms with Crippen LogP contribution in [0.15, 0.2) is 53.4 Å². The SMILES string of the molecule is CC(C(O)(C(=O)O)N1C(=O)CN(C)C1=O)S(=O)(=O)c1cc(Cl)ccc1-c1ccccc1. The zero-order valence-corrected chi connectivity index (χ0v) is 18.1. The smallest absolute Gasteiger partial charge is 0.359 e. The summed E-state index contributed by atoms with van der Waals surface area (Å²) in [5.74, 6) is -3.09. The summed E-state index contributed by atoms with van der Waals surface area (Å²) in [5, 5.41) is 18.7. The Morgan fingerprint density at radius 3 is 2.29 bits per heavy atom. The largest absolute Gasteiger partial charge is 0.478 e. The monoisotopic (exact) mass is 466 g/mol. The van der Waals surface area contributed by atoms with Crippen molar-refractivity contribution in [3.05, 3.63) is 53.6 Å². The van der Waals surface area contributed by atoms with Crippen molar-refractivity contribution in [2.75, 3.05) is 13.6 Å². The second-order valence-electron chi connectivity index (χ2n) is 7.09. The third-order valence-electron chi connectivity index (χ3n) is 5.16. The first kappa shape index (κ1) is 22.7. The first-order valence-electron chi connectivity index (χ1n) is 9.05. The summed E-state index contributed by atoms with van der Waals surface area (Å²) in [5.41, 5.74) is -2.61. The molecule has 0 bridgehead atoms. The molecule has 11 heteroatoms. The van der Waals surface area contributed by atoms with E-state index < -0.39 is 45.3 Å². The van der Waals surface area contributed by atoms with Crippen molar-refractivity contribution in [3.63, 3.8) is 0 Å². The molecule has 2 aromatic carbocycles. The van der Waals surface area contributed by atoms with E-state index in [1.165, 1.54) is 19.2 Å². The number of nitrogens with zero attached hydrogens (tertiary/aromatic N) is 2. The van der Waals surface area contributed by atoms with E-state index in [1.807, 2.05) is 0 Å². The Morgan fingerprint density at radius 1 is 1.16 bits per heavy atom. The highest BCUT2D eigenvalue weighted by molar-refractivity contribution is 7.92. The van der Waals surface area contributed by atoms with Crippen molar-refractivity contribution in [2.45, 2.75) is 22.8 Å². The number of carboxylic acid groups (broad SMARTS) is 1. The maximum Gasteiger partial charge on any atom is 0.359 e. The molecule has 31 heavy (non-hydrogen) atoms. The second-order valence-corrected chi connectivity index (χ2v) is 9.77. The molecule has 9 nitrogen and oxygen atoms in total. The maximum atomic E-state index is 13.5. The molecule has 1 heterocycles. The molecule has 0 radical (unpaired) electrons. The highest BCUT2D eigenvalue weighted by Gasteiger charge is 2.60. The minimum atomic E-state index is -4.62. The van der Waals surface area contributed by atoms with E-state index >= 15 is 0 Å². The molecule has 3 rings (SSSR count). The van der Waals surface area contributed by atoms with Gasteiger partial charge in [0.1, 0.15) is 11.8 Å². The van der Waals surface area contributed by atoms with Crippen LogP contribution >= 0.6 is 11.6 Å². The predicted octanol–water partition coefficient (Wildman–Crippen LogP) is 1.84. The third kappa shape index (κ3) is 3.67. The standard InChI is InChI=1S/C20H19ClN2O7S/c1-12(20(28,18(25)26)23-17(24)11-22(2)19(23)27)31(29,30)16-10-14(21)8-9-15(16)13-6-4-3-5-7-13/h3-10,12,28H,11H2,1-2H3,(H,25,26). The normalized spacial score (nSPS) is 17.5. The average Bonchev–Trinajstić information content (AvgIpc) is 2.99. The fourth-order valence-corrected chi connectivity index (χ4v) is 5.44. The molecule has 164 valence electrons. The van der Waals surface area contributed by atoms with Crippen molar-refractivity contribution < 1.29 is 33.0 Å². The van der Waals surface area contributed by atoms with E-state index in [-0.39, 0.29) is 20.4 Å². The minimum Gasteiger partial charge on any atom is -0.478 e. The molecule has 2 atom stereocenters. The van der Waals surface area contributed by atoms with Crippen LogP contribution in [0.2, 0.25) is 5.02 Å². The number of halogens is 1. The van der Waals surface area contributed by atoms with Crippen molar-refractivity contribution in [1.29, 1.82) is 0 Å². The van der Waals surface area contributed by atoms with E-state index in [0.717, 1.165) is 17.9 Å². The van der Waals surface area contributed by atoms with Gasteiger partial charge in [-0.25, -0.2) is 22.9 Å². The molecule has 0 aromatic heterocycles. The van der Waals surface area contributed by atoms with Gasteiger partial charge in [-0.1, -0.05) is 48.0 Å². The van der Waals surface area contributed by atoms with Crippen LogP contribution in [0.5, 0.6) is 0 Å². The predicted molar refractivity (Wildman–Crippen MR) is 111 cm³/mol. The van der Waals surface area contributed by atoms with Crippen LogP contribution in [0.3, 0.4) is 0 Å². The summed E-state index contributed by atoms with van der Waals surface area (Å²) in [6, 6.07) is 11.4. The Morgan fingerprint density at radius 2 is 1.77 bits per heavy atom. The number of hydrogen-bond donors (Lipinski definition) is 2. The summed E-state index contributed by atoms with van der Waals surface area (Å²) in [6.07, 6.45) is 0. The van der Waals surface area contributed by atoms with E-state index in [1.54, 1.807) is 30.3 Å². The first-order chi connectivity index (χ1) is 14.4. The highest BCUT2D eigenvalue weighted by Crippen LogP contribution is 2.36. The lowest BCUT2D eigenvalue weighted by Gasteiger charge is -2.35. The lowest BCUT2D eigenvalue weighted by Crippen LogP contribution is -2.65. The zero-order chi connectivity index (χ0) is 23.1. The van der Waals surface area contributed by atoms with Gasteiger partial charge in [0.15, 0.2) is 9.84 Å². The van der Waals surface area contributed by atoms with E-state index in [0.29, 0.717) is 5.56 Å². The van der Waals surface area contributed by atoms with Gasteiger partial charge in [-0.05, 0) is 24.6 Å². The molecular formula is C20H19ClN2O7S. The van der Waals surface area contributed by atoms with Gasteiger partial charge < -0.3 is 15.1 Å². The Balaban J connectivity index is 2.20. The Kier molecular flexibility index (Phi) is 5.83. The van der Waals surface area contributed by atoms with Crippen molar-refractivity contribution in [1.82, 2.24) is 9.80 Å². The summed E-state index contributed by atoms with van der Waals surface area (Å²) < 4.78 is 27.1. The number of rotatable bonds is 6. The Hall–Kier alpha value is -2.95. The summed E-state index contributed by atoms with van der Waals surface area (Å²) in [7, 11) is -3.40. The number of benzene rings is 2. The number of aliphatic carboxylic acids is 1. The quantitative estimate of drug-likeness (QED) is 0.620. The number of carboxylic acids is 1. The van der Waals surface area contributed by atoms with Crippen LogP contribution < -0.4 is 0 Å². The maximum absolute atomic E-state index is 13.5. The van der Waals surface area contributed by atoms with E-state index in [2.05, 4.69) is 0 Å². The topological polar surface area (TPSA) is 132 Å². The van der Waals surface area contributed by atoms with Crippen LogP contribution in [0.1, 0.15) is 6.92 Å². The molecule has 2 N–H and O–H groups in total. The van der Waals surface area contributed by atoms with Crippen molar-refractivity contribution >= 4 is 39.3 Å². The Labute approximate surface area is 183 Å². The molecule has 0 spiro atoms. The molecule has 3 amide bonds. The lowest BCUT2D eigenvalue weighted by molar-refractivity contribution is -0.179. The first-order valence-corrected chi connectivity index (χ1v) is 11.0. The molecule has 1 aliphatic heterocycles. The van der Waals surface area contributed by atoms with Gasteiger partial charge in [0.2, 0.25) is 0 Å². The number of imide groups is 1. The average molecular weight is 467 g/mol. The summed E-state index contributed by atoms with van der Waals surface area (Å²) in [6.45, 7) is 0.436. The van der Waals surface area contributed by atoms with Gasteiger partial charge in [-0.15, -0.1) is 0 Å². The number of amides is 3. The van der Waals surface area contributed by atoms with E-state index in [9.17, 15) is 33.0 Å². The second kappa shape index (κ2) is 7.95. The molecule has 1 fully saturated rings. The number of carbonyl (C=O) groups excluding carboxylic acids is 2. The van der Waals surface area contributed by atoms with Crippen molar-refractivity contribution in [2.24, 2.45) is 0 Å². The van der Waals surface area contributed by atoms with Gasteiger partial charge in [-0.3, -0.25) is 4.79 Å². The fourth-order valence-electron chi connectivity index (χ4n) is 3.40. The van der Waals surface area contributed by atoms with Gasteiger partial charge in [0, 0.05) is 17.6 Å². The number of urea groups is 1. The number of likely N-dealkylation sites (N-methyl/N-ethyl adjacent to an activating group) is 1. The lowest BCUT2D eigenvalue weighted by atomic mass is 10.1. The van der Waals surface area contributed by atoms with Gasteiger partial charge in [0.05, 0.1) is 4.90 Å². The molecular weight excluding hydrogens is 448 g/mol. The van der Waals surface area contributed by atoms with E-state index in [4.69, 9.17) is 11.6 Å². The number of hydrogen-bond acceptors (Lipinski definition) is 6. The number of aliphatic hydroxyl groups is 1. The molecule has 1 saturated heterocycles. The van der Waals surface area contributed by atoms with Crippen LogP contribution in [-0.2, 0) is 19.4 Å². The van der Waals surface area contributed by atoms with Gasteiger partial charge in [0.25, 0.3) is 11.6 Å². The molecule has 2 aromatic rings. The number of carbonyl (C=O) groups is 3. The van der Waals surface area contributed by atoms with Gasteiger partial charge >= 0.3 is 12.0 Å². The zero-order valence-electron chi connectivity index (χ0n) is 16.5. The summed E-state index contributed by atoms with van der Waals surface area (Å²) >= 11 is 6.02.